The van der Waals surface area contributed by atoms with Crippen LogP contribution in [0, 0.1) is 24.0 Å². The minimum atomic E-state index is -0.398. The molecule has 5 aromatic rings. The number of aryl methyl sites for hydroxylation is 1. The summed E-state index contributed by atoms with van der Waals surface area (Å²) in [6.45, 7) is 8.19. The van der Waals surface area contributed by atoms with E-state index in [0.717, 1.165) is 43.3 Å². The largest absolute Gasteiger partial charge is 0.318 e. The van der Waals surface area contributed by atoms with Crippen molar-refractivity contribution in [1.29, 1.82) is 0 Å². The van der Waals surface area contributed by atoms with Crippen molar-refractivity contribution in [2.75, 3.05) is 0 Å². The lowest BCUT2D eigenvalue weighted by molar-refractivity contribution is -0.384. The predicted octanol–water partition coefficient (Wildman–Crippen LogP) is 8.02. The van der Waals surface area contributed by atoms with Gasteiger partial charge < -0.3 is 4.57 Å². The topological polar surface area (TPSA) is 95.3 Å². The van der Waals surface area contributed by atoms with E-state index in [9.17, 15) is 14.9 Å². The van der Waals surface area contributed by atoms with E-state index in [1.165, 1.54) is 16.8 Å². The van der Waals surface area contributed by atoms with Crippen LogP contribution in [-0.2, 0) is 0 Å². The fourth-order valence-corrected chi connectivity index (χ4v) is 5.83. The zero-order valence-corrected chi connectivity index (χ0v) is 25.4. The van der Waals surface area contributed by atoms with Gasteiger partial charge in [-0.05, 0) is 80.9 Å². The molecule has 8 nitrogen and oxygen atoms in total. The smallest absolute Gasteiger partial charge is 0.282 e. The number of hydrogen-bond donors (Lipinski definition) is 0. The molecule has 2 heterocycles. The molecule has 0 amide bonds. The highest BCUT2D eigenvalue weighted by Gasteiger charge is 2.16. The van der Waals surface area contributed by atoms with Crippen LogP contribution in [0.4, 0.5) is 5.69 Å². The number of benzene rings is 3. The number of non-ortho nitro benzene ring substituents is 1. The van der Waals surface area contributed by atoms with Crippen molar-refractivity contribution in [2.45, 2.75) is 49.8 Å². The third kappa shape index (κ3) is 5.89. The molecule has 3 aromatic carbocycles. The normalized spacial score (nSPS) is 12.3. The lowest BCUT2D eigenvalue weighted by Crippen LogP contribution is -2.23. The van der Waals surface area contributed by atoms with Gasteiger partial charge in [0.2, 0.25) is 0 Å². The Kier molecular flexibility index (Phi) is 8.23. The van der Waals surface area contributed by atoms with Crippen LogP contribution in [0.2, 0.25) is 0 Å². The van der Waals surface area contributed by atoms with Crippen LogP contribution in [-0.4, -0.2) is 25.4 Å². The van der Waals surface area contributed by atoms with Gasteiger partial charge in [0.1, 0.15) is 5.82 Å². The van der Waals surface area contributed by atoms with Crippen LogP contribution in [0.3, 0.4) is 0 Å². The number of nitrogens with zero attached hydrogens (tertiary/aromatic N) is 5. The number of hydrogen-bond acceptors (Lipinski definition) is 6. The van der Waals surface area contributed by atoms with Gasteiger partial charge in [0, 0.05) is 55.0 Å². The summed E-state index contributed by atoms with van der Waals surface area (Å²) in [6, 6.07) is 22.3. The minimum Gasteiger partial charge on any atom is -0.318 e. The summed E-state index contributed by atoms with van der Waals surface area (Å²) >= 11 is 5.00. The summed E-state index contributed by atoms with van der Waals surface area (Å²) in [5.74, 6) is 0.696. The average Bonchev–Trinajstić information content (AvgIpc) is 3.25. The summed E-state index contributed by atoms with van der Waals surface area (Å²) in [5.41, 5.74) is 4.48. The minimum absolute atomic E-state index is 0.0581. The molecule has 1 atom stereocenters. The maximum absolute atomic E-state index is 13.5. The quantitative estimate of drug-likeness (QED) is 0.0983. The SMILES string of the molecule is CC[C@H](C)c1nc2ccc(Br)cc2c(=O)n1N=Cc1cc(C)n(-c2ccc(Sc3ccc([N+](=O)[O-])cc3)cc2)c1C. The summed E-state index contributed by atoms with van der Waals surface area (Å²) < 4.78 is 4.39. The molecule has 0 saturated heterocycles. The maximum Gasteiger partial charge on any atom is 0.282 e. The van der Waals surface area contributed by atoms with Crippen LogP contribution in [0.1, 0.15) is 49.0 Å². The van der Waals surface area contributed by atoms with E-state index < -0.39 is 4.92 Å². The Balaban J connectivity index is 1.44. The fraction of sp³-hybridized carbons (Fsp3) is 0.194. The summed E-state index contributed by atoms with van der Waals surface area (Å²) in [7, 11) is 0. The Morgan fingerprint density at radius 1 is 1.05 bits per heavy atom. The van der Waals surface area contributed by atoms with E-state index >= 15 is 0 Å². The first kappa shape index (κ1) is 28.5. The fourth-order valence-electron chi connectivity index (χ4n) is 4.65. The second-order valence-electron chi connectivity index (χ2n) is 9.81. The van der Waals surface area contributed by atoms with Crippen molar-refractivity contribution in [2.24, 2.45) is 5.10 Å². The van der Waals surface area contributed by atoms with E-state index in [1.807, 2.05) is 57.2 Å². The van der Waals surface area contributed by atoms with Crippen LogP contribution >= 0.6 is 27.7 Å². The standard InChI is InChI=1S/C31H28BrN5O3S/c1-5-19(2)30-34-29-15-6-23(32)17-28(29)31(38)36(30)33-18-22-16-20(3)35(21(22)4)24-7-11-26(12-8-24)41-27-13-9-25(10-14-27)37(39)40/h6-19H,5H2,1-4H3/t19-/m0/s1. The Labute approximate surface area is 250 Å². The van der Waals surface area contributed by atoms with Crippen LogP contribution in [0.15, 0.2) is 97.0 Å². The highest BCUT2D eigenvalue weighted by Crippen LogP contribution is 2.30. The second kappa shape index (κ2) is 11.8. The first-order valence-corrected chi connectivity index (χ1v) is 14.8. The molecule has 0 aliphatic heterocycles. The van der Waals surface area contributed by atoms with Gasteiger partial charge in [-0.15, -0.1) is 0 Å². The highest BCUT2D eigenvalue weighted by molar-refractivity contribution is 9.10. The molecule has 2 aromatic heterocycles. The molecule has 0 radical (unpaired) electrons. The van der Waals surface area contributed by atoms with Crippen LogP contribution < -0.4 is 5.56 Å². The number of nitro benzene ring substituents is 1. The molecular weight excluding hydrogens is 602 g/mol. The van der Waals surface area contributed by atoms with Crippen molar-refractivity contribution < 1.29 is 4.92 Å². The third-order valence-corrected chi connectivity index (χ3v) is 8.56. The molecule has 0 fully saturated rings. The van der Waals surface area contributed by atoms with Crippen molar-refractivity contribution in [3.8, 4) is 5.69 Å². The number of fused-ring (bicyclic) bond motifs is 1. The van der Waals surface area contributed by atoms with E-state index in [-0.39, 0.29) is 17.2 Å². The van der Waals surface area contributed by atoms with Crippen molar-refractivity contribution >= 4 is 50.5 Å². The number of aromatic nitrogens is 3. The van der Waals surface area contributed by atoms with Gasteiger partial charge in [-0.25, -0.2) is 4.98 Å². The number of rotatable bonds is 8. The Hall–Kier alpha value is -4.02. The Morgan fingerprint density at radius 3 is 2.34 bits per heavy atom. The molecule has 0 saturated carbocycles. The molecule has 0 N–H and O–H groups in total. The van der Waals surface area contributed by atoms with E-state index in [2.05, 4.69) is 38.6 Å². The molecule has 0 bridgehead atoms. The van der Waals surface area contributed by atoms with Crippen LogP contribution in [0.5, 0.6) is 0 Å². The van der Waals surface area contributed by atoms with Gasteiger partial charge in [0.15, 0.2) is 0 Å². The van der Waals surface area contributed by atoms with Gasteiger partial charge in [0.05, 0.1) is 22.0 Å². The molecule has 10 heteroatoms. The monoisotopic (exact) mass is 629 g/mol. The Bertz CT molecular complexity index is 1840. The molecular formula is C31H28BrN5O3S. The van der Waals surface area contributed by atoms with Crippen molar-refractivity contribution in [1.82, 2.24) is 14.2 Å². The zero-order valence-electron chi connectivity index (χ0n) is 23.0. The van der Waals surface area contributed by atoms with Crippen LogP contribution in [0.25, 0.3) is 16.6 Å². The van der Waals surface area contributed by atoms with Gasteiger partial charge in [-0.2, -0.15) is 9.78 Å². The predicted molar refractivity (Wildman–Crippen MR) is 168 cm³/mol. The lowest BCUT2D eigenvalue weighted by Gasteiger charge is -2.14. The van der Waals surface area contributed by atoms with Gasteiger partial charge in [-0.1, -0.05) is 41.5 Å². The molecule has 0 spiro atoms. The van der Waals surface area contributed by atoms with Gasteiger partial charge in [0.25, 0.3) is 11.2 Å². The zero-order chi connectivity index (χ0) is 29.3. The summed E-state index contributed by atoms with van der Waals surface area (Å²) in [5, 5.41) is 16.1. The molecule has 0 unspecified atom stereocenters. The Morgan fingerprint density at radius 2 is 1.71 bits per heavy atom. The number of nitro groups is 1. The first-order chi connectivity index (χ1) is 19.7. The second-order valence-corrected chi connectivity index (χ2v) is 11.9. The van der Waals surface area contributed by atoms with E-state index in [1.54, 1.807) is 36.2 Å². The highest BCUT2D eigenvalue weighted by atomic mass is 79.9. The summed E-state index contributed by atoms with van der Waals surface area (Å²) in [4.78, 5) is 30.7. The average molecular weight is 631 g/mol. The van der Waals surface area contributed by atoms with Crippen molar-refractivity contribution in [3.63, 3.8) is 0 Å². The molecule has 0 aliphatic rings. The van der Waals surface area contributed by atoms with Crippen molar-refractivity contribution in [3.05, 3.63) is 121 Å². The maximum atomic E-state index is 13.5. The first-order valence-electron chi connectivity index (χ1n) is 13.1. The third-order valence-electron chi connectivity index (χ3n) is 7.05. The van der Waals surface area contributed by atoms with Gasteiger partial charge >= 0.3 is 0 Å². The summed E-state index contributed by atoms with van der Waals surface area (Å²) in [6.07, 6.45) is 2.56. The molecule has 41 heavy (non-hydrogen) atoms. The number of halogens is 1. The van der Waals surface area contributed by atoms with Gasteiger partial charge in [-0.3, -0.25) is 14.9 Å². The molecule has 208 valence electrons. The lowest BCUT2D eigenvalue weighted by atomic mass is 10.1. The van der Waals surface area contributed by atoms with E-state index in [4.69, 9.17) is 4.98 Å². The molecule has 0 aliphatic carbocycles. The van der Waals surface area contributed by atoms with E-state index in [0.29, 0.717) is 16.7 Å². The molecule has 5 rings (SSSR count).